The molecule has 0 bridgehead atoms. The summed E-state index contributed by atoms with van der Waals surface area (Å²) < 4.78 is 0. The number of benzene rings is 1. The Morgan fingerprint density at radius 1 is 1.41 bits per heavy atom. The minimum absolute atomic E-state index is 0.108. The van der Waals surface area contributed by atoms with Gasteiger partial charge < -0.3 is 10.6 Å². The highest BCUT2D eigenvalue weighted by atomic mass is 35.5. The SMILES string of the molecule is C=CCNc1ncnc(Nc2ccc(Cl)cc2C)c1[N+](=O)[O-]. The summed E-state index contributed by atoms with van der Waals surface area (Å²) in [6.07, 6.45) is 2.84. The topological polar surface area (TPSA) is 93.0 Å². The fraction of sp³-hybridized carbons (Fsp3) is 0.143. The molecule has 0 saturated heterocycles. The van der Waals surface area contributed by atoms with E-state index >= 15 is 0 Å². The van der Waals surface area contributed by atoms with Gasteiger partial charge in [0.1, 0.15) is 6.33 Å². The molecule has 8 heteroatoms. The minimum atomic E-state index is -0.529. The second-order valence-electron chi connectivity index (χ2n) is 4.43. The van der Waals surface area contributed by atoms with Crippen LogP contribution in [0.4, 0.5) is 23.0 Å². The number of nitro groups is 1. The number of halogens is 1. The molecule has 0 spiro atoms. The standard InChI is InChI=1S/C14H14ClN5O2/c1-3-6-16-13-12(20(21)22)14(18-8-17-13)19-11-5-4-10(15)7-9(11)2/h3-5,7-8H,1,6H2,2H3,(H2,16,17,18,19). The zero-order valence-corrected chi connectivity index (χ0v) is 12.6. The van der Waals surface area contributed by atoms with Crippen LogP contribution >= 0.6 is 11.6 Å². The monoisotopic (exact) mass is 319 g/mol. The van der Waals surface area contributed by atoms with Crippen molar-refractivity contribution >= 4 is 34.6 Å². The van der Waals surface area contributed by atoms with Crippen molar-refractivity contribution in [3.8, 4) is 0 Å². The van der Waals surface area contributed by atoms with E-state index in [1.807, 2.05) is 6.92 Å². The molecular formula is C14H14ClN5O2. The molecule has 0 amide bonds. The maximum atomic E-state index is 11.3. The van der Waals surface area contributed by atoms with E-state index in [-0.39, 0.29) is 17.3 Å². The summed E-state index contributed by atoms with van der Waals surface area (Å²) in [7, 11) is 0. The number of rotatable bonds is 6. The van der Waals surface area contributed by atoms with Gasteiger partial charge in [0.2, 0.25) is 11.6 Å². The summed E-state index contributed by atoms with van der Waals surface area (Å²) >= 11 is 5.90. The highest BCUT2D eigenvalue weighted by Crippen LogP contribution is 2.32. The number of nitrogens with zero attached hydrogens (tertiary/aromatic N) is 3. The van der Waals surface area contributed by atoms with Crippen molar-refractivity contribution in [3.05, 3.63) is 57.9 Å². The smallest absolute Gasteiger partial charge is 0.353 e. The van der Waals surface area contributed by atoms with Crippen molar-refractivity contribution in [2.45, 2.75) is 6.92 Å². The van der Waals surface area contributed by atoms with Crippen LogP contribution in [-0.2, 0) is 0 Å². The van der Waals surface area contributed by atoms with Gasteiger partial charge in [0.15, 0.2) is 0 Å². The Balaban J connectivity index is 2.41. The molecule has 0 aliphatic carbocycles. The van der Waals surface area contributed by atoms with Crippen LogP contribution in [0.15, 0.2) is 37.2 Å². The van der Waals surface area contributed by atoms with Gasteiger partial charge in [0.25, 0.3) is 0 Å². The summed E-state index contributed by atoms with van der Waals surface area (Å²) in [6.45, 7) is 5.76. The first-order chi connectivity index (χ1) is 10.5. The molecular weight excluding hydrogens is 306 g/mol. The molecule has 2 N–H and O–H groups in total. The van der Waals surface area contributed by atoms with Crippen LogP contribution < -0.4 is 10.6 Å². The third-order valence-electron chi connectivity index (χ3n) is 2.86. The van der Waals surface area contributed by atoms with E-state index in [9.17, 15) is 10.1 Å². The lowest BCUT2D eigenvalue weighted by Gasteiger charge is -2.11. The molecule has 1 heterocycles. The van der Waals surface area contributed by atoms with Gasteiger partial charge >= 0.3 is 5.69 Å². The van der Waals surface area contributed by atoms with E-state index in [4.69, 9.17) is 11.6 Å². The summed E-state index contributed by atoms with van der Waals surface area (Å²) in [5, 5.41) is 17.7. The van der Waals surface area contributed by atoms with E-state index in [2.05, 4.69) is 27.2 Å². The lowest BCUT2D eigenvalue weighted by molar-refractivity contribution is -0.383. The van der Waals surface area contributed by atoms with Gasteiger partial charge in [-0.25, -0.2) is 9.97 Å². The van der Waals surface area contributed by atoms with Crippen molar-refractivity contribution in [2.75, 3.05) is 17.2 Å². The summed E-state index contributed by atoms with van der Waals surface area (Å²) in [6, 6.07) is 5.19. The molecule has 0 atom stereocenters. The van der Waals surface area contributed by atoms with Crippen LogP contribution in [0.2, 0.25) is 5.02 Å². The minimum Gasteiger partial charge on any atom is -0.361 e. The molecule has 0 fully saturated rings. The van der Waals surface area contributed by atoms with Crippen LogP contribution in [-0.4, -0.2) is 21.4 Å². The Bertz CT molecular complexity index is 720. The first-order valence-electron chi connectivity index (χ1n) is 6.40. The van der Waals surface area contributed by atoms with Crippen LogP contribution in [0.5, 0.6) is 0 Å². The summed E-state index contributed by atoms with van der Waals surface area (Å²) in [4.78, 5) is 18.7. The molecule has 1 aromatic heterocycles. The van der Waals surface area contributed by atoms with Crippen LogP contribution in [0.3, 0.4) is 0 Å². The van der Waals surface area contributed by atoms with E-state index in [0.29, 0.717) is 17.3 Å². The fourth-order valence-electron chi connectivity index (χ4n) is 1.84. The van der Waals surface area contributed by atoms with E-state index < -0.39 is 4.92 Å². The Hall–Kier alpha value is -2.67. The number of aromatic nitrogens is 2. The van der Waals surface area contributed by atoms with Gasteiger partial charge in [-0.1, -0.05) is 17.7 Å². The number of hydrogen-bond acceptors (Lipinski definition) is 6. The van der Waals surface area contributed by atoms with Crippen molar-refractivity contribution in [1.29, 1.82) is 0 Å². The predicted molar refractivity (Wildman–Crippen MR) is 86.8 cm³/mol. The fourth-order valence-corrected chi connectivity index (χ4v) is 2.06. The zero-order chi connectivity index (χ0) is 16.1. The van der Waals surface area contributed by atoms with Crippen LogP contribution in [0, 0.1) is 17.0 Å². The second kappa shape index (κ2) is 6.86. The van der Waals surface area contributed by atoms with Crippen molar-refractivity contribution < 1.29 is 4.92 Å². The number of nitrogens with one attached hydrogen (secondary N) is 2. The maximum absolute atomic E-state index is 11.3. The van der Waals surface area contributed by atoms with Gasteiger partial charge in [-0.05, 0) is 30.7 Å². The molecule has 114 valence electrons. The van der Waals surface area contributed by atoms with Crippen molar-refractivity contribution in [3.63, 3.8) is 0 Å². The van der Waals surface area contributed by atoms with E-state index in [1.165, 1.54) is 6.33 Å². The molecule has 0 radical (unpaired) electrons. The molecule has 2 aromatic rings. The average molecular weight is 320 g/mol. The summed E-state index contributed by atoms with van der Waals surface area (Å²) in [5.41, 5.74) is 1.31. The molecule has 0 aliphatic rings. The molecule has 0 unspecified atom stereocenters. The Morgan fingerprint density at radius 3 is 2.77 bits per heavy atom. The van der Waals surface area contributed by atoms with Crippen molar-refractivity contribution in [2.24, 2.45) is 0 Å². The highest BCUT2D eigenvalue weighted by molar-refractivity contribution is 6.30. The van der Waals surface area contributed by atoms with Gasteiger partial charge in [0.05, 0.1) is 4.92 Å². The number of hydrogen-bond donors (Lipinski definition) is 2. The zero-order valence-electron chi connectivity index (χ0n) is 11.8. The first kappa shape index (κ1) is 15.7. The highest BCUT2D eigenvalue weighted by Gasteiger charge is 2.23. The van der Waals surface area contributed by atoms with E-state index in [0.717, 1.165) is 5.56 Å². The lowest BCUT2D eigenvalue weighted by atomic mass is 10.2. The third-order valence-corrected chi connectivity index (χ3v) is 3.10. The third kappa shape index (κ3) is 3.50. The first-order valence-corrected chi connectivity index (χ1v) is 6.78. The van der Waals surface area contributed by atoms with Gasteiger partial charge in [-0.2, -0.15) is 0 Å². The van der Waals surface area contributed by atoms with Gasteiger partial charge in [0, 0.05) is 17.3 Å². The Labute approximate surface area is 132 Å². The normalized spacial score (nSPS) is 10.1. The number of aryl methyl sites for hydroxylation is 1. The van der Waals surface area contributed by atoms with Gasteiger partial charge in [-0.3, -0.25) is 10.1 Å². The predicted octanol–water partition coefficient (Wildman–Crippen LogP) is 3.69. The van der Waals surface area contributed by atoms with Gasteiger partial charge in [-0.15, -0.1) is 6.58 Å². The van der Waals surface area contributed by atoms with Crippen LogP contribution in [0.25, 0.3) is 0 Å². The molecule has 7 nitrogen and oxygen atoms in total. The Morgan fingerprint density at radius 2 is 2.14 bits per heavy atom. The quantitative estimate of drug-likeness (QED) is 0.479. The van der Waals surface area contributed by atoms with Crippen molar-refractivity contribution in [1.82, 2.24) is 9.97 Å². The lowest BCUT2D eigenvalue weighted by Crippen LogP contribution is -2.08. The maximum Gasteiger partial charge on any atom is 0.353 e. The molecule has 0 saturated carbocycles. The molecule has 2 rings (SSSR count). The summed E-state index contributed by atoms with van der Waals surface area (Å²) in [5.74, 6) is 0.242. The molecule has 0 aliphatic heterocycles. The molecule has 22 heavy (non-hydrogen) atoms. The average Bonchev–Trinajstić information content (AvgIpc) is 2.47. The molecule has 1 aromatic carbocycles. The van der Waals surface area contributed by atoms with E-state index in [1.54, 1.807) is 24.3 Å². The second-order valence-corrected chi connectivity index (χ2v) is 4.87. The number of anilines is 3. The van der Waals surface area contributed by atoms with Crippen LogP contribution in [0.1, 0.15) is 5.56 Å². The largest absolute Gasteiger partial charge is 0.361 e. The Kier molecular flexibility index (Phi) is 4.90.